The Morgan fingerprint density at radius 1 is 1.00 bits per heavy atom. The van der Waals surface area contributed by atoms with Gasteiger partial charge in [-0.1, -0.05) is 25.7 Å². The summed E-state index contributed by atoms with van der Waals surface area (Å²) in [5, 5.41) is -0.0370. The van der Waals surface area contributed by atoms with Crippen LogP contribution in [0.25, 0.3) is 0 Å². The van der Waals surface area contributed by atoms with Crippen LogP contribution in [0, 0.1) is 0 Å². The zero-order valence-electron chi connectivity index (χ0n) is 7.04. The van der Waals surface area contributed by atoms with Crippen molar-refractivity contribution in [1.82, 2.24) is 0 Å². The van der Waals surface area contributed by atoms with Crippen molar-refractivity contribution in [2.45, 2.75) is 43.8 Å². The Labute approximate surface area is 68.9 Å². The van der Waals surface area contributed by atoms with Crippen molar-refractivity contribution in [3.05, 3.63) is 0 Å². The van der Waals surface area contributed by atoms with E-state index < -0.39 is 9.84 Å². The van der Waals surface area contributed by atoms with Crippen LogP contribution < -0.4 is 0 Å². The molecule has 0 bridgehead atoms. The van der Waals surface area contributed by atoms with Crippen molar-refractivity contribution in [1.29, 1.82) is 0 Å². The topological polar surface area (TPSA) is 34.1 Å². The van der Waals surface area contributed by atoms with Crippen LogP contribution in [0.2, 0.25) is 0 Å². The minimum absolute atomic E-state index is 0.0370. The minimum atomic E-state index is -2.75. The lowest BCUT2D eigenvalue weighted by molar-refractivity contribution is 0.569. The van der Waals surface area contributed by atoms with Crippen molar-refractivity contribution >= 4 is 9.84 Å². The Hall–Kier alpha value is -0.0500. The Bertz CT molecular complexity index is 198. The molecule has 1 fully saturated rings. The fourth-order valence-electron chi connectivity index (χ4n) is 1.67. The van der Waals surface area contributed by atoms with Gasteiger partial charge in [0.25, 0.3) is 0 Å². The minimum Gasteiger partial charge on any atom is -0.229 e. The molecule has 1 aliphatic rings. The third kappa shape index (κ3) is 2.81. The van der Waals surface area contributed by atoms with Gasteiger partial charge in [0.15, 0.2) is 0 Å². The Kier molecular flexibility index (Phi) is 2.93. The summed E-state index contributed by atoms with van der Waals surface area (Å²) in [4.78, 5) is 0. The van der Waals surface area contributed by atoms with E-state index in [1.165, 1.54) is 19.1 Å². The van der Waals surface area contributed by atoms with Gasteiger partial charge in [0, 0.05) is 6.26 Å². The average molecular weight is 176 g/mol. The molecule has 66 valence electrons. The van der Waals surface area contributed by atoms with Gasteiger partial charge in [0.1, 0.15) is 9.84 Å². The molecule has 0 heterocycles. The highest BCUT2D eigenvalue weighted by Gasteiger charge is 2.21. The van der Waals surface area contributed by atoms with Crippen LogP contribution in [-0.4, -0.2) is 19.9 Å². The van der Waals surface area contributed by atoms with Crippen molar-refractivity contribution in [3.8, 4) is 0 Å². The molecule has 0 unspecified atom stereocenters. The molecule has 0 spiro atoms. The molecule has 0 aromatic carbocycles. The third-order valence-electron chi connectivity index (χ3n) is 2.41. The number of rotatable bonds is 1. The molecule has 1 aliphatic carbocycles. The monoisotopic (exact) mass is 176 g/mol. The summed E-state index contributed by atoms with van der Waals surface area (Å²) >= 11 is 0. The van der Waals surface area contributed by atoms with Gasteiger partial charge in [0.2, 0.25) is 0 Å². The first kappa shape index (κ1) is 9.04. The quantitative estimate of drug-likeness (QED) is 0.570. The molecule has 1 rings (SSSR count). The van der Waals surface area contributed by atoms with Crippen LogP contribution in [0.4, 0.5) is 0 Å². The van der Waals surface area contributed by atoms with Gasteiger partial charge in [-0.2, -0.15) is 0 Å². The van der Waals surface area contributed by atoms with Crippen LogP contribution in [0.1, 0.15) is 38.5 Å². The van der Waals surface area contributed by atoms with E-state index in [9.17, 15) is 8.42 Å². The summed E-state index contributed by atoms with van der Waals surface area (Å²) in [7, 11) is -2.75. The summed E-state index contributed by atoms with van der Waals surface area (Å²) in [6.07, 6.45) is 7.76. The maximum Gasteiger partial charge on any atom is 0.150 e. The SMILES string of the molecule is CS(=O)(=O)C1CCCCCC1. The van der Waals surface area contributed by atoms with Gasteiger partial charge in [-0.25, -0.2) is 8.42 Å². The molecule has 0 atom stereocenters. The van der Waals surface area contributed by atoms with E-state index >= 15 is 0 Å². The Morgan fingerprint density at radius 2 is 1.45 bits per heavy atom. The number of hydrogen-bond acceptors (Lipinski definition) is 2. The number of sulfone groups is 1. The third-order valence-corrected chi connectivity index (χ3v) is 4.09. The maximum atomic E-state index is 11.1. The van der Waals surface area contributed by atoms with Crippen molar-refractivity contribution in [2.24, 2.45) is 0 Å². The van der Waals surface area contributed by atoms with Crippen LogP contribution in [-0.2, 0) is 9.84 Å². The fraction of sp³-hybridized carbons (Fsp3) is 1.00. The van der Waals surface area contributed by atoms with Crippen LogP contribution in [0.5, 0.6) is 0 Å². The summed E-state index contributed by atoms with van der Waals surface area (Å²) < 4.78 is 22.3. The molecule has 3 heteroatoms. The molecule has 0 radical (unpaired) electrons. The highest BCUT2D eigenvalue weighted by atomic mass is 32.2. The molecule has 0 saturated heterocycles. The first-order chi connectivity index (χ1) is 5.11. The number of hydrogen-bond donors (Lipinski definition) is 0. The molecular weight excluding hydrogens is 160 g/mol. The lowest BCUT2D eigenvalue weighted by atomic mass is 10.2. The molecule has 0 N–H and O–H groups in total. The van der Waals surface area contributed by atoms with E-state index in [0.29, 0.717) is 0 Å². The summed E-state index contributed by atoms with van der Waals surface area (Å²) in [5.41, 5.74) is 0. The summed E-state index contributed by atoms with van der Waals surface area (Å²) in [6.45, 7) is 0. The first-order valence-corrected chi connectivity index (χ1v) is 6.25. The van der Waals surface area contributed by atoms with E-state index in [4.69, 9.17) is 0 Å². The zero-order valence-corrected chi connectivity index (χ0v) is 7.86. The second-order valence-electron chi connectivity index (χ2n) is 3.44. The van der Waals surface area contributed by atoms with E-state index in [0.717, 1.165) is 25.7 Å². The summed E-state index contributed by atoms with van der Waals surface area (Å²) in [5.74, 6) is 0. The molecule has 0 aliphatic heterocycles. The van der Waals surface area contributed by atoms with Crippen LogP contribution in [0.15, 0.2) is 0 Å². The van der Waals surface area contributed by atoms with Gasteiger partial charge in [-0.3, -0.25) is 0 Å². The van der Waals surface area contributed by atoms with Crippen molar-refractivity contribution in [3.63, 3.8) is 0 Å². The molecule has 0 aromatic heterocycles. The van der Waals surface area contributed by atoms with Gasteiger partial charge in [-0.15, -0.1) is 0 Å². The Morgan fingerprint density at radius 3 is 1.82 bits per heavy atom. The molecule has 1 saturated carbocycles. The maximum absolute atomic E-state index is 11.1. The zero-order chi connectivity index (χ0) is 8.32. The lowest BCUT2D eigenvalue weighted by Gasteiger charge is -2.10. The normalized spacial score (nSPS) is 23.0. The highest BCUT2D eigenvalue weighted by molar-refractivity contribution is 7.91. The lowest BCUT2D eigenvalue weighted by Crippen LogP contribution is -2.18. The van der Waals surface area contributed by atoms with Gasteiger partial charge in [-0.05, 0) is 12.8 Å². The van der Waals surface area contributed by atoms with Crippen LogP contribution in [0.3, 0.4) is 0 Å². The highest BCUT2D eigenvalue weighted by Crippen LogP contribution is 2.21. The fourth-order valence-corrected chi connectivity index (χ4v) is 2.86. The van der Waals surface area contributed by atoms with Crippen molar-refractivity contribution in [2.75, 3.05) is 6.26 Å². The molecule has 0 amide bonds. The standard InChI is InChI=1S/C8H16O2S/c1-11(9,10)8-6-4-2-3-5-7-8/h8H,2-7H2,1H3. The smallest absolute Gasteiger partial charge is 0.150 e. The Balaban J connectivity index is 2.57. The predicted octanol–water partition coefficient (Wildman–Crippen LogP) is 1.75. The first-order valence-electron chi connectivity index (χ1n) is 4.29. The van der Waals surface area contributed by atoms with E-state index in [1.807, 2.05) is 0 Å². The van der Waals surface area contributed by atoms with Crippen molar-refractivity contribution < 1.29 is 8.42 Å². The van der Waals surface area contributed by atoms with Gasteiger partial charge >= 0.3 is 0 Å². The molecule has 11 heavy (non-hydrogen) atoms. The molecular formula is C8H16O2S. The van der Waals surface area contributed by atoms with Gasteiger partial charge in [0.05, 0.1) is 5.25 Å². The van der Waals surface area contributed by atoms with Gasteiger partial charge < -0.3 is 0 Å². The molecule has 2 nitrogen and oxygen atoms in total. The average Bonchev–Trinajstić information content (AvgIpc) is 2.10. The van der Waals surface area contributed by atoms with E-state index in [2.05, 4.69) is 0 Å². The second-order valence-corrected chi connectivity index (χ2v) is 5.77. The summed E-state index contributed by atoms with van der Waals surface area (Å²) in [6, 6.07) is 0. The van der Waals surface area contributed by atoms with E-state index in [1.54, 1.807) is 0 Å². The second kappa shape index (κ2) is 3.57. The largest absolute Gasteiger partial charge is 0.229 e. The van der Waals surface area contributed by atoms with E-state index in [-0.39, 0.29) is 5.25 Å². The molecule has 0 aromatic rings. The van der Waals surface area contributed by atoms with Crippen LogP contribution >= 0.6 is 0 Å². The predicted molar refractivity (Wildman–Crippen MR) is 46.3 cm³/mol.